The maximum atomic E-state index is 13.1. The van der Waals surface area contributed by atoms with Gasteiger partial charge < -0.3 is 15.4 Å². The molecule has 0 aliphatic rings. The fourth-order valence-electron chi connectivity index (χ4n) is 2.14. The van der Waals surface area contributed by atoms with E-state index in [4.69, 9.17) is 0 Å². The average molecular weight is 373 g/mol. The van der Waals surface area contributed by atoms with Gasteiger partial charge in [-0.1, -0.05) is 19.9 Å². The van der Waals surface area contributed by atoms with Gasteiger partial charge in [0.1, 0.15) is 11.6 Å². The van der Waals surface area contributed by atoms with Gasteiger partial charge in [0.25, 0.3) is 11.5 Å². The minimum atomic E-state index is -4.81. The molecule has 140 valence electrons. The van der Waals surface area contributed by atoms with Crippen LogP contribution in [0.5, 0.6) is 5.75 Å². The number of nitrogens with one attached hydrogen (secondary N) is 2. The molecule has 0 saturated heterocycles. The topological polar surface area (TPSA) is 95.1 Å². The molecule has 0 saturated carbocycles. The highest BCUT2D eigenvalue weighted by Crippen LogP contribution is 2.32. The molecule has 0 bridgehead atoms. The first-order chi connectivity index (χ1) is 12.0. The quantitative estimate of drug-likeness (QED) is 0.718. The Morgan fingerprint density at radius 1 is 1.35 bits per heavy atom. The number of aromatic nitrogens is 2. The third kappa shape index (κ3) is 4.19. The van der Waals surface area contributed by atoms with Crippen LogP contribution in [-0.2, 0) is 12.7 Å². The summed E-state index contributed by atoms with van der Waals surface area (Å²) in [5, 5.41) is 11.8. The lowest BCUT2D eigenvalue weighted by Crippen LogP contribution is -2.28. The van der Waals surface area contributed by atoms with Crippen LogP contribution >= 0.6 is 0 Å². The number of hydrogen-bond donors (Lipinski definition) is 3. The number of halogens is 4. The molecular formula is C16H15F4N3O3. The first kappa shape index (κ1) is 19.4. The molecule has 0 aliphatic heterocycles. The Balaban J connectivity index is 2.29. The molecule has 26 heavy (non-hydrogen) atoms. The maximum Gasteiger partial charge on any atom is 0.416 e. The number of benzene rings is 1. The van der Waals surface area contributed by atoms with Crippen molar-refractivity contribution in [2.45, 2.75) is 32.5 Å². The van der Waals surface area contributed by atoms with Gasteiger partial charge in [-0.05, 0) is 17.7 Å². The number of alkyl halides is 3. The van der Waals surface area contributed by atoms with Crippen LogP contribution in [0.15, 0.2) is 23.0 Å². The van der Waals surface area contributed by atoms with Gasteiger partial charge in [0.15, 0.2) is 5.69 Å². The van der Waals surface area contributed by atoms with Gasteiger partial charge in [-0.3, -0.25) is 9.59 Å². The second-order valence-corrected chi connectivity index (χ2v) is 5.78. The lowest BCUT2D eigenvalue weighted by Gasteiger charge is -2.14. The molecule has 6 nitrogen and oxygen atoms in total. The van der Waals surface area contributed by atoms with E-state index in [0.29, 0.717) is 6.07 Å². The molecule has 2 aromatic rings. The minimum absolute atomic E-state index is 0.135. The molecule has 1 amide bonds. The summed E-state index contributed by atoms with van der Waals surface area (Å²) < 4.78 is 52.0. The summed E-state index contributed by atoms with van der Waals surface area (Å²) in [6.07, 6.45) is -4.81. The van der Waals surface area contributed by atoms with Crippen LogP contribution in [0.1, 0.15) is 47.2 Å². The highest BCUT2D eigenvalue weighted by atomic mass is 19.4. The minimum Gasteiger partial charge on any atom is -0.501 e. The number of carbonyl (C=O) groups excluding carboxylic acids is 1. The summed E-state index contributed by atoms with van der Waals surface area (Å²) >= 11 is 0. The second kappa shape index (κ2) is 7.14. The fourth-order valence-corrected chi connectivity index (χ4v) is 2.14. The Morgan fingerprint density at radius 2 is 2.00 bits per heavy atom. The highest BCUT2D eigenvalue weighted by Gasteiger charge is 2.34. The smallest absolute Gasteiger partial charge is 0.416 e. The largest absolute Gasteiger partial charge is 0.501 e. The van der Waals surface area contributed by atoms with Gasteiger partial charge in [-0.25, -0.2) is 9.37 Å². The van der Waals surface area contributed by atoms with E-state index in [0.717, 1.165) is 12.1 Å². The van der Waals surface area contributed by atoms with Crippen molar-refractivity contribution >= 4 is 5.91 Å². The third-order valence-corrected chi connectivity index (χ3v) is 3.49. The van der Waals surface area contributed by atoms with Crippen molar-refractivity contribution in [3.63, 3.8) is 0 Å². The lowest BCUT2D eigenvalue weighted by molar-refractivity contribution is -0.138. The molecule has 10 heteroatoms. The third-order valence-electron chi connectivity index (χ3n) is 3.49. The van der Waals surface area contributed by atoms with Crippen LogP contribution < -0.4 is 10.9 Å². The highest BCUT2D eigenvalue weighted by molar-refractivity contribution is 5.94. The molecule has 0 aliphatic carbocycles. The van der Waals surface area contributed by atoms with Crippen molar-refractivity contribution < 1.29 is 27.5 Å². The molecule has 1 heterocycles. The van der Waals surface area contributed by atoms with Crippen molar-refractivity contribution in [2.24, 2.45) is 0 Å². The van der Waals surface area contributed by atoms with Gasteiger partial charge >= 0.3 is 6.18 Å². The van der Waals surface area contributed by atoms with Crippen LogP contribution in [0.2, 0.25) is 0 Å². The van der Waals surface area contributed by atoms with Crippen LogP contribution in [0.4, 0.5) is 17.6 Å². The monoisotopic (exact) mass is 373 g/mol. The zero-order chi connectivity index (χ0) is 19.6. The number of hydrogen-bond acceptors (Lipinski definition) is 4. The molecule has 0 spiro atoms. The normalized spacial score (nSPS) is 11.7. The van der Waals surface area contributed by atoms with Crippen LogP contribution in [0, 0.1) is 5.82 Å². The summed E-state index contributed by atoms with van der Waals surface area (Å²) in [5.74, 6) is -3.17. The van der Waals surface area contributed by atoms with E-state index >= 15 is 0 Å². The second-order valence-electron chi connectivity index (χ2n) is 5.78. The van der Waals surface area contributed by atoms with Crippen LogP contribution in [0.25, 0.3) is 0 Å². The van der Waals surface area contributed by atoms with Crippen molar-refractivity contribution in [1.82, 2.24) is 15.3 Å². The maximum absolute atomic E-state index is 13.1. The molecule has 0 atom stereocenters. The predicted molar refractivity (Wildman–Crippen MR) is 83.2 cm³/mol. The number of aromatic hydroxyl groups is 1. The standard InChI is InChI=1S/C16H15F4N3O3/c1-7(2)13-22-11(12(24)15(26)23-13)14(25)21-6-8-3-4-9(17)5-10(8)16(18,19)20/h3-5,7,24H,6H2,1-2H3,(H,21,25)(H,22,23,26). The average Bonchev–Trinajstić information content (AvgIpc) is 2.54. The molecule has 3 N–H and O–H groups in total. The van der Waals surface area contributed by atoms with E-state index in [1.807, 2.05) is 0 Å². The number of aromatic amines is 1. The summed E-state index contributed by atoms with van der Waals surface area (Å²) in [7, 11) is 0. The Bertz CT molecular complexity index is 891. The van der Waals surface area contributed by atoms with E-state index in [1.54, 1.807) is 13.8 Å². The van der Waals surface area contributed by atoms with Crippen LogP contribution in [0.3, 0.4) is 0 Å². The number of carbonyl (C=O) groups is 1. The number of nitrogens with zero attached hydrogens (tertiary/aromatic N) is 1. The lowest BCUT2D eigenvalue weighted by atomic mass is 10.1. The summed E-state index contributed by atoms with van der Waals surface area (Å²) in [5.41, 5.74) is -3.15. The summed E-state index contributed by atoms with van der Waals surface area (Å²) in [6.45, 7) is 2.77. The van der Waals surface area contributed by atoms with E-state index in [2.05, 4.69) is 15.3 Å². The van der Waals surface area contributed by atoms with Crippen molar-refractivity contribution in [3.8, 4) is 5.75 Å². The molecular weight excluding hydrogens is 358 g/mol. The Labute approximate surface area is 144 Å². The van der Waals surface area contributed by atoms with Crippen molar-refractivity contribution in [2.75, 3.05) is 0 Å². The first-order valence-electron chi connectivity index (χ1n) is 7.47. The number of H-pyrrole nitrogens is 1. The van der Waals surface area contributed by atoms with Crippen molar-refractivity contribution in [3.05, 3.63) is 57.0 Å². The zero-order valence-electron chi connectivity index (χ0n) is 13.7. The van der Waals surface area contributed by atoms with Gasteiger partial charge in [0.05, 0.1) is 5.56 Å². The Morgan fingerprint density at radius 3 is 2.58 bits per heavy atom. The van der Waals surface area contributed by atoms with Gasteiger partial charge in [0.2, 0.25) is 5.75 Å². The molecule has 0 unspecified atom stereocenters. The van der Waals surface area contributed by atoms with E-state index in [1.165, 1.54) is 0 Å². The van der Waals surface area contributed by atoms with Gasteiger partial charge in [0, 0.05) is 12.5 Å². The predicted octanol–water partition coefficient (Wildman–Crippen LogP) is 2.69. The summed E-state index contributed by atoms with van der Waals surface area (Å²) in [4.78, 5) is 29.9. The molecule has 2 rings (SSSR count). The molecule has 1 aromatic heterocycles. The molecule has 0 radical (unpaired) electrons. The Kier molecular flexibility index (Phi) is 5.33. The van der Waals surface area contributed by atoms with E-state index in [-0.39, 0.29) is 17.3 Å². The SMILES string of the molecule is CC(C)c1nc(C(=O)NCc2ccc(F)cc2C(F)(F)F)c(O)c(=O)[nH]1. The van der Waals surface area contributed by atoms with Crippen LogP contribution in [-0.4, -0.2) is 21.0 Å². The van der Waals surface area contributed by atoms with E-state index < -0.39 is 47.0 Å². The fraction of sp³-hybridized carbons (Fsp3) is 0.312. The first-order valence-corrected chi connectivity index (χ1v) is 7.47. The number of rotatable bonds is 4. The Hall–Kier alpha value is -2.91. The van der Waals surface area contributed by atoms with Crippen molar-refractivity contribution in [1.29, 1.82) is 0 Å². The van der Waals surface area contributed by atoms with E-state index in [9.17, 15) is 32.3 Å². The molecule has 0 fully saturated rings. The zero-order valence-corrected chi connectivity index (χ0v) is 13.7. The molecule has 1 aromatic carbocycles. The van der Waals surface area contributed by atoms with Gasteiger partial charge in [-0.2, -0.15) is 13.2 Å². The summed E-state index contributed by atoms with van der Waals surface area (Å²) in [6, 6.07) is 2.04. The van der Waals surface area contributed by atoms with Gasteiger partial charge in [-0.15, -0.1) is 0 Å². The number of amides is 1.